The second-order valence-electron chi connectivity index (χ2n) is 13.3. The van der Waals surface area contributed by atoms with E-state index >= 15 is 0 Å². The Morgan fingerprint density at radius 1 is 0.556 bits per heavy atom. The van der Waals surface area contributed by atoms with Crippen molar-refractivity contribution >= 4 is 0 Å². The van der Waals surface area contributed by atoms with Gasteiger partial charge in [0.15, 0.2) is 36.1 Å². The molecular formula is C38H36IrN6. The maximum atomic E-state index is 3.50. The Hall–Kier alpha value is -4.06. The first-order valence-corrected chi connectivity index (χ1v) is 15.9. The molecular weight excluding hydrogens is 733 g/mol. The third-order valence-electron chi connectivity index (χ3n) is 9.78. The number of nitrogens with zero attached hydrogens (tertiary/aromatic N) is 6. The first-order valence-electron chi connectivity index (χ1n) is 15.9. The number of aromatic nitrogens is 6. The molecule has 3 aliphatic heterocycles. The molecule has 9 rings (SSSR count). The van der Waals surface area contributed by atoms with Gasteiger partial charge in [-0.05, 0) is 19.3 Å². The summed E-state index contributed by atoms with van der Waals surface area (Å²) in [6.45, 7) is 5.16. The number of imidazole rings is 3. The summed E-state index contributed by atoms with van der Waals surface area (Å²) in [6.07, 6.45) is 20.4. The summed E-state index contributed by atoms with van der Waals surface area (Å²) < 4.78 is 14.3. The molecule has 6 nitrogen and oxygen atoms in total. The van der Waals surface area contributed by atoms with E-state index in [0.717, 1.165) is 58.2 Å². The van der Waals surface area contributed by atoms with E-state index in [2.05, 4.69) is 126 Å². The Balaban J connectivity index is 0.00000300. The van der Waals surface area contributed by atoms with Crippen molar-refractivity contribution in [1.82, 2.24) is 27.4 Å². The zero-order valence-corrected chi connectivity index (χ0v) is 27.9. The normalized spacial score (nSPS) is 14.3. The smallest absolute Gasteiger partial charge is 0.164 e. The van der Waals surface area contributed by atoms with E-state index in [1.807, 2.05) is 18.2 Å². The van der Waals surface area contributed by atoms with Gasteiger partial charge in [-0.15, -0.1) is 18.2 Å². The van der Waals surface area contributed by atoms with Gasteiger partial charge in [-0.3, -0.25) is 13.7 Å². The first kappa shape index (κ1) is 28.4. The summed E-state index contributed by atoms with van der Waals surface area (Å²) in [7, 11) is 0. The van der Waals surface area contributed by atoms with E-state index in [9.17, 15) is 0 Å². The Morgan fingerprint density at radius 2 is 0.889 bits per heavy atom. The zero-order valence-electron chi connectivity index (χ0n) is 25.5. The van der Waals surface area contributed by atoms with Gasteiger partial charge in [0.2, 0.25) is 0 Å². The molecule has 0 saturated carbocycles. The molecule has 0 bridgehead atoms. The topological polar surface area (TPSA) is 29.6 Å². The molecule has 45 heavy (non-hydrogen) atoms. The van der Waals surface area contributed by atoms with Gasteiger partial charge in [-0.1, -0.05) is 23.6 Å². The van der Waals surface area contributed by atoms with Crippen LogP contribution in [0.15, 0.2) is 92.2 Å². The van der Waals surface area contributed by atoms with Gasteiger partial charge in [-0.2, -0.15) is 54.6 Å². The van der Waals surface area contributed by atoms with Crippen molar-refractivity contribution < 1.29 is 20.1 Å². The number of fused-ring (bicyclic) bond motifs is 9. The van der Waals surface area contributed by atoms with Crippen LogP contribution in [0.1, 0.15) is 40.7 Å². The van der Waals surface area contributed by atoms with E-state index < -0.39 is 0 Å². The van der Waals surface area contributed by atoms with Crippen LogP contribution in [0.25, 0.3) is 17.1 Å². The van der Waals surface area contributed by atoms with Crippen LogP contribution in [0.3, 0.4) is 0 Å². The molecule has 0 N–H and O–H groups in total. The van der Waals surface area contributed by atoms with Gasteiger partial charge in [-0.25, -0.2) is 13.7 Å². The summed E-state index contributed by atoms with van der Waals surface area (Å²) in [6, 6.07) is 29.6. The Morgan fingerprint density at radius 3 is 1.22 bits per heavy atom. The predicted molar refractivity (Wildman–Crippen MR) is 171 cm³/mol. The van der Waals surface area contributed by atoms with Gasteiger partial charge in [0.25, 0.3) is 0 Å². The van der Waals surface area contributed by atoms with E-state index in [1.165, 1.54) is 50.8 Å². The maximum absolute atomic E-state index is 3.50. The van der Waals surface area contributed by atoms with E-state index in [1.54, 1.807) is 0 Å². The molecule has 0 atom stereocenters. The summed E-state index contributed by atoms with van der Waals surface area (Å²) in [5, 5.41) is 0. The molecule has 6 heterocycles. The molecule has 0 fully saturated rings. The van der Waals surface area contributed by atoms with Crippen LogP contribution >= 0.6 is 0 Å². The van der Waals surface area contributed by atoms with Crippen molar-refractivity contribution in [2.45, 2.75) is 65.1 Å². The molecule has 6 aromatic rings. The van der Waals surface area contributed by atoms with Crippen LogP contribution in [0.4, 0.5) is 0 Å². The summed E-state index contributed by atoms with van der Waals surface area (Å²) in [4.78, 5) is 0. The molecule has 0 saturated heterocycles. The number of hydrogen-bond donors (Lipinski definition) is 0. The van der Waals surface area contributed by atoms with E-state index in [4.69, 9.17) is 0 Å². The summed E-state index contributed by atoms with van der Waals surface area (Å²) in [5.41, 5.74) is 11.7. The second-order valence-corrected chi connectivity index (χ2v) is 13.3. The van der Waals surface area contributed by atoms with Crippen LogP contribution in [-0.2, 0) is 78.3 Å². The Kier molecular flexibility index (Phi) is 6.99. The standard InChI is InChI=1S/C38H36N6.Ir/c1-38(23-39-20-32-17-14-29-8-2-5-11-35(29)42(32)26-39,24-40-21-33-18-15-30-9-3-6-12-36(30)43(33)27-40)25-41-22-34-19-16-31-10-4-7-13-37(31)44(34)28-41;/h2-10,20-22,26-28H,14-19,23-25H2,1H3;. The Labute approximate surface area is 278 Å². The fourth-order valence-electron chi connectivity index (χ4n) is 7.87. The molecule has 227 valence electrons. The van der Waals surface area contributed by atoms with Crippen LogP contribution < -0.4 is 0 Å². The van der Waals surface area contributed by atoms with Crippen molar-refractivity contribution in [3.8, 4) is 17.1 Å². The molecule has 3 aliphatic rings. The monoisotopic (exact) mass is 769 g/mol. The molecule has 0 unspecified atom stereocenters. The van der Waals surface area contributed by atoms with Crippen molar-refractivity contribution in [3.05, 3.63) is 144 Å². The minimum atomic E-state index is -0.0672. The SMILES string of the molecule is CC(Cn1cc2n([cH+]1)-c1[c-]cccc1CC2)(Cn1cc2n([cH+]1)-c1[c-]cccc1CC2)Cn1cc2n([cH+]1)-c1[c-]cccc1CC2.[Ir]. The minimum absolute atomic E-state index is 0. The van der Waals surface area contributed by atoms with Gasteiger partial charge >= 0.3 is 0 Å². The van der Waals surface area contributed by atoms with Crippen molar-refractivity contribution in [2.24, 2.45) is 5.41 Å². The predicted octanol–water partition coefficient (Wildman–Crippen LogP) is 6.41. The molecule has 0 spiro atoms. The van der Waals surface area contributed by atoms with E-state index in [0.29, 0.717) is 0 Å². The van der Waals surface area contributed by atoms with Gasteiger partial charge in [0.1, 0.15) is 18.6 Å². The minimum Gasteiger partial charge on any atom is -0.251 e. The van der Waals surface area contributed by atoms with Gasteiger partial charge < -0.3 is 0 Å². The molecule has 3 aromatic heterocycles. The van der Waals surface area contributed by atoms with Crippen LogP contribution in [-0.4, -0.2) is 27.4 Å². The quantitative estimate of drug-likeness (QED) is 0.176. The number of hydrogen-bond acceptors (Lipinski definition) is 0. The molecule has 0 aliphatic carbocycles. The third-order valence-corrected chi connectivity index (χ3v) is 9.78. The number of rotatable bonds is 6. The van der Waals surface area contributed by atoms with E-state index in [-0.39, 0.29) is 25.5 Å². The second kappa shape index (κ2) is 11.1. The van der Waals surface area contributed by atoms with Gasteiger partial charge in [0.05, 0.1) is 19.6 Å². The molecule has 3 aromatic carbocycles. The number of aryl methyl sites for hydroxylation is 6. The largest absolute Gasteiger partial charge is 0.251 e. The first-order chi connectivity index (χ1) is 21.6. The number of benzene rings is 3. The van der Waals surface area contributed by atoms with Crippen LogP contribution in [0.2, 0.25) is 0 Å². The zero-order chi connectivity index (χ0) is 29.3. The third kappa shape index (κ3) is 5.03. The van der Waals surface area contributed by atoms with Crippen LogP contribution in [0.5, 0.6) is 0 Å². The van der Waals surface area contributed by atoms with Crippen molar-refractivity contribution in [3.63, 3.8) is 0 Å². The van der Waals surface area contributed by atoms with Crippen LogP contribution in [0, 0.1) is 23.6 Å². The fraction of sp³-hybridized carbons (Fsp3) is 0.289. The average molecular weight is 769 g/mol. The fourth-order valence-corrected chi connectivity index (χ4v) is 7.87. The molecule has 7 heteroatoms. The summed E-state index contributed by atoms with van der Waals surface area (Å²) in [5.74, 6) is 0. The van der Waals surface area contributed by atoms with Gasteiger partial charge in [0, 0.05) is 61.8 Å². The number of para-hydroxylation sites is 3. The molecule has 0 amide bonds. The molecule has 1 radical (unpaired) electrons. The van der Waals surface area contributed by atoms with Crippen molar-refractivity contribution in [2.75, 3.05) is 0 Å². The average Bonchev–Trinajstić information content (AvgIpc) is 3.76. The maximum Gasteiger partial charge on any atom is 0.164 e. The Bertz CT molecular complexity index is 1810. The summed E-state index contributed by atoms with van der Waals surface area (Å²) >= 11 is 0. The van der Waals surface area contributed by atoms with Crippen molar-refractivity contribution in [1.29, 1.82) is 0 Å².